The van der Waals surface area contributed by atoms with Crippen molar-refractivity contribution in [1.82, 2.24) is 0 Å². The van der Waals surface area contributed by atoms with Gasteiger partial charge in [0.1, 0.15) is 11.6 Å². The summed E-state index contributed by atoms with van der Waals surface area (Å²) in [5.74, 6) is -2.64. The van der Waals surface area contributed by atoms with E-state index in [-0.39, 0.29) is 12.0 Å². The molecule has 0 fully saturated rings. The number of benzene rings is 1. The Balaban J connectivity index is 2.89. The third-order valence-corrected chi connectivity index (χ3v) is 1.71. The lowest BCUT2D eigenvalue weighted by Crippen LogP contribution is -2.15. The Morgan fingerprint density at radius 3 is 2.29 bits per heavy atom. The number of hydrogen-bond donors (Lipinski definition) is 2. The third kappa shape index (κ3) is 2.77. The first-order chi connectivity index (χ1) is 6.49. The van der Waals surface area contributed by atoms with Gasteiger partial charge >= 0.3 is 5.97 Å². The van der Waals surface area contributed by atoms with Crippen molar-refractivity contribution in [2.75, 3.05) is 0 Å². The van der Waals surface area contributed by atoms with Gasteiger partial charge in [-0.05, 0) is 17.7 Å². The van der Waals surface area contributed by atoms with Gasteiger partial charge in [0.05, 0.1) is 6.42 Å². The quantitative estimate of drug-likeness (QED) is 0.777. The van der Waals surface area contributed by atoms with Crippen molar-refractivity contribution < 1.29 is 18.7 Å². The molecule has 0 aliphatic carbocycles. The molecule has 1 atom stereocenters. The van der Waals surface area contributed by atoms with Crippen LogP contribution >= 0.6 is 0 Å². The molecular weight excluding hydrogens is 192 g/mol. The maximum atomic E-state index is 12.7. The second kappa shape index (κ2) is 4.15. The van der Waals surface area contributed by atoms with Crippen LogP contribution in [0.3, 0.4) is 0 Å². The summed E-state index contributed by atoms with van der Waals surface area (Å²) in [6.45, 7) is 0. The maximum absolute atomic E-state index is 12.7. The molecule has 1 aromatic rings. The third-order valence-electron chi connectivity index (χ3n) is 1.71. The number of nitrogens with two attached hydrogens (primary N) is 1. The van der Waals surface area contributed by atoms with Gasteiger partial charge in [-0.15, -0.1) is 0 Å². The number of hydrogen-bond acceptors (Lipinski definition) is 2. The van der Waals surface area contributed by atoms with E-state index in [2.05, 4.69) is 0 Å². The highest BCUT2D eigenvalue weighted by Crippen LogP contribution is 2.16. The molecule has 14 heavy (non-hydrogen) atoms. The summed E-state index contributed by atoms with van der Waals surface area (Å²) in [6, 6.07) is 1.86. The van der Waals surface area contributed by atoms with E-state index >= 15 is 0 Å². The molecule has 0 amide bonds. The van der Waals surface area contributed by atoms with Crippen molar-refractivity contribution in [1.29, 1.82) is 0 Å². The number of carboxylic acid groups (broad SMARTS) is 1. The van der Waals surface area contributed by atoms with Gasteiger partial charge in [0, 0.05) is 12.1 Å². The van der Waals surface area contributed by atoms with Gasteiger partial charge in [-0.3, -0.25) is 4.79 Å². The molecule has 0 radical (unpaired) electrons. The number of halogens is 2. The molecule has 0 spiro atoms. The van der Waals surface area contributed by atoms with Crippen LogP contribution in [0.15, 0.2) is 18.2 Å². The average Bonchev–Trinajstić information content (AvgIpc) is 2.00. The normalized spacial score (nSPS) is 12.5. The standard InChI is InChI=1S/C9H9F2NO2/c10-6-1-5(2-7(11)3-6)8(12)4-9(13)14/h1-3,8H,4,12H2,(H,13,14). The van der Waals surface area contributed by atoms with Gasteiger partial charge < -0.3 is 10.8 Å². The number of carbonyl (C=O) groups is 1. The lowest BCUT2D eigenvalue weighted by molar-refractivity contribution is -0.137. The highest BCUT2D eigenvalue weighted by molar-refractivity contribution is 5.67. The highest BCUT2D eigenvalue weighted by atomic mass is 19.1. The summed E-state index contributed by atoms with van der Waals surface area (Å²) < 4.78 is 25.4. The van der Waals surface area contributed by atoms with E-state index in [1.54, 1.807) is 0 Å². The van der Waals surface area contributed by atoms with E-state index in [1.807, 2.05) is 0 Å². The molecule has 1 rings (SSSR count). The van der Waals surface area contributed by atoms with Crippen molar-refractivity contribution in [3.05, 3.63) is 35.4 Å². The van der Waals surface area contributed by atoms with Crippen LogP contribution in [0.1, 0.15) is 18.0 Å². The number of carboxylic acids is 1. The zero-order chi connectivity index (χ0) is 10.7. The summed E-state index contributed by atoms with van der Waals surface area (Å²) in [6.07, 6.45) is -0.358. The minimum Gasteiger partial charge on any atom is -0.481 e. The molecule has 3 nitrogen and oxygen atoms in total. The molecule has 0 aliphatic heterocycles. The van der Waals surface area contributed by atoms with E-state index < -0.39 is 23.6 Å². The van der Waals surface area contributed by atoms with Crippen LogP contribution in [0, 0.1) is 11.6 Å². The number of rotatable bonds is 3. The van der Waals surface area contributed by atoms with E-state index in [0.29, 0.717) is 6.07 Å². The summed E-state index contributed by atoms with van der Waals surface area (Å²) in [4.78, 5) is 10.3. The Bertz CT molecular complexity index is 334. The summed E-state index contributed by atoms with van der Waals surface area (Å²) in [7, 11) is 0. The fraction of sp³-hybridized carbons (Fsp3) is 0.222. The van der Waals surface area contributed by atoms with Gasteiger partial charge in [0.2, 0.25) is 0 Å². The second-order valence-electron chi connectivity index (χ2n) is 2.91. The van der Waals surface area contributed by atoms with Gasteiger partial charge in [-0.25, -0.2) is 8.78 Å². The summed E-state index contributed by atoms with van der Waals surface area (Å²) in [5, 5.41) is 8.42. The molecule has 0 bridgehead atoms. The highest BCUT2D eigenvalue weighted by Gasteiger charge is 2.12. The van der Waals surface area contributed by atoms with E-state index in [0.717, 1.165) is 12.1 Å². The van der Waals surface area contributed by atoms with Crippen LogP contribution in [0.5, 0.6) is 0 Å². The SMILES string of the molecule is NC(CC(=O)O)c1cc(F)cc(F)c1. The Labute approximate surface area is 79.2 Å². The zero-order valence-electron chi connectivity index (χ0n) is 7.21. The van der Waals surface area contributed by atoms with Gasteiger partial charge in [-0.2, -0.15) is 0 Å². The second-order valence-corrected chi connectivity index (χ2v) is 2.91. The van der Waals surface area contributed by atoms with E-state index in [4.69, 9.17) is 10.8 Å². The maximum Gasteiger partial charge on any atom is 0.305 e. The van der Waals surface area contributed by atoms with Crippen molar-refractivity contribution in [3.8, 4) is 0 Å². The molecular formula is C9H9F2NO2. The van der Waals surface area contributed by atoms with Gasteiger partial charge in [-0.1, -0.05) is 0 Å². The summed E-state index contributed by atoms with van der Waals surface area (Å²) >= 11 is 0. The lowest BCUT2D eigenvalue weighted by Gasteiger charge is -2.09. The first-order valence-corrected chi connectivity index (χ1v) is 3.92. The van der Waals surface area contributed by atoms with Crippen molar-refractivity contribution in [2.24, 2.45) is 5.73 Å². The minimum atomic E-state index is -1.11. The Hall–Kier alpha value is -1.49. The molecule has 0 saturated carbocycles. The average molecular weight is 201 g/mol. The number of aliphatic carboxylic acids is 1. The molecule has 3 N–H and O–H groups in total. The van der Waals surface area contributed by atoms with Gasteiger partial charge in [0.15, 0.2) is 0 Å². The minimum absolute atomic E-state index is 0.143. The molecule has 0 aromatic heterocycles. The monoisotopic (exact) mass is 201 g/mol. The topological polar surface area (TPSA) is 63.3 Å². The fourth-order valence-corrected chi connectivity index (χ4v) is 1.10. The smallest absolute Gasteiger partial charge is 0.305 e. The molecule has 1 unspecified atom stereocenters. The molecule has 5 heteroatoms. The first-order valence-electron chi connectivity index (χ1n) is 3.92. The molecule has 0 saturated heterocycles. The first kappa shape index (κ1) is 10.6. The van der Waals surface area contributed by atoms with Crippen molar-refractivity contribution in [3.63, 3.8) is 0 Å². The van der Waals surface area contributed by atoms with Crippen LogP contribution in [0.4, 0.5) is 8.78 Å². The molecule has 0 heterocycles. The summed E-state index contributed by atoms with van der Waals surface area (Å²) in [5.41, 5.74) is 5.56. The van der Waals surface area contributed by atoms with E-state index in [9.17, 15) is 13.6 Å². The largest absolute Gasteiger partial charge is 0.481 e. The fourth-order valence-electron chi connectivity index (χ4n) is 1.10. The van der Waals surface area contributed by atoms with Crippen molar-refractivity contribution in [2.45, 2.75) is 12.5 Å². The van der Waals surface area contributed by atoms with E-state index in [1.165, 1.54) is 0 Å². The lowest BCUT2D eigenvalue weighted by atomic mass is 10.0. The van der Waals surface area contributed by atoms with Crippen LogP contribution in [-0.2, 0) is 4.79 Å². The molecule has 1 aromatic carbocycles. The predicted octanol–water partition coefficient (Wildman–Crippen LogP) is 1.44. The Morgan fingerprint density at radius 1 is 1.36 bits per heavy atom. The van der Waals surface area contributed by atoms with Crippen molar-refractivity contribution >= 4 is 5.97 Å². The van der Waals surface area contributed by atoms with Crippen LogP contribution in [-0.4, -0.2) is 11.1 Å². The molecule has 76 valence electrons. The van der Waals surface area contributed by atoms with Gasteiger partial charge in [0.25, 0.3) is 0 Å². The van der Waals surface area contributed by atoms with Crippen LogP contribution < -0.4 is 5.73 Å². The zero-order valence-corrected chi connectivity index (χ0v) is 7.21. The Kier molecular flexibility index (Phi) is 3.14. The van der Waals surface area contributed by atoms with Crippen LogP contribution in [0.25, 0.3) is 0 Å². The molecule has 0 aliphatic rings. The van der Waals surface area contributed by atoms with Crippen LogP contribution in [0.2, 0.25) is 0 Å². The predicted molar refractivity (Wildman–Crippen MR) is 45.5 cm³/mol. The Morgan fingerprint density at radius 2 is 1.86 bits per heavy atom.